The molecule has 1 unspecified atom stereocenters. The average Bonchev–Trinajstić information content (AvgIpc) is 3.37. The summed E-state index contributed by atoms with van der Waals surface area (Å²) < 4.78 is 2.20. The first-order valence-corrected chi connectivity index (χ1v) is 8.88. The van der Waals surface area contributed by atoms with E-state index in [9.17, 15) is 4.79 Å². The van der Waals surface area contributed by atoms with Gasteiger partial charge in [0.15, 0.2) is 0 Å². The summed E-state index contributed by atoms with van der Waals surface area (Å²) in [6.45, 7) is 3.30. The molecule has 8 nitrogen and oxygen atoms in total. The van der Waals surface area contributed by atoms with Crippen LogP contribution in [-0.4, -0.2) is 55.7 Å². The number of aromatic nitrogens is 5. The molecule has 1 saturated carbocycles. The van der Waals surface area contributed by atoms with E-state index in [0.29, 0.717) is 24.2 Å². The van der Waals surface area contributed by atoms with Gasteiger partial charge in [-0.25, -0.2) is 9.97 Å². The smallest absolute Gasteiger partial charge is 0.272 e. The fraction of sp³-hybridized carbons (Fsp3) is 0.588. The number of nitrogens with zero attached hydrogens (tertiary/aromatic N) is 6. The van der Waals surface area contributed by atoms with Gasteiger partial charge in [-0.1, -0.05) is 0 Å². The summed E-state index contributed by atoms with van der Waals surface area (Å²) in [4.78, 5) is 23.4. The van der Waals surface area contributed by atoms with E-state index in [1.54, 1.807) is 13.1 Å². The van der Waals surface area contributed by atoms with E-state index in [4.69, 9.17) is 0 Å². The van der Waals surface area contributed by atoms with Gasteiger partial charge in [0, 0.05) is 37.8 Å². The molecule has 0 aromatic carbocycles. The van der Waals surface area contributed by atoms with Gasteiger partial charge in [-0.05, 0) is 38.7 Å². The number of carbonyl (C=O) groups is 1. The van der Waals surface area contributed by atoms with Gasteiger partial charge in [-0.15, -0.1) is 10.2 Å². The largest absolute Gasteiger partial charge is 0.357 e. The molecule has 2 fully saturated rings. The van der Waals surface area contributed by atoms with Crippen molar-refractivity contribution in [2.45, 2.75) is 44.6 Å². The lowest BCUT2D eigenvalue weighted by Gasteiger charge is -2.32. The molecule has 0 bridgehead atoms. The summed E-state index contributed by atoms with van der Waals surface area (Å²) >= 11 is 0. The molecule has 1 aliphatic carbocycles. The van der Waals surface area contributed by atoms with Crippen molar-refractivity contribution in [3.05, 3.63) is 29.6 Å². The van der Waals surface area contributed by atoms with Crippen LogP contribution in [0.3, 0.4) is 0 Å². The Kier molecular flexibility index (Phi) is 4.10. The Bertz CT molecular complexity index is 783. The first-order chi connectivity index (χ1) is 12.2. The van der Waals surface area contributed by atoms with E-state index in [1.807, 2.05) is 18.2 Å². The minimum atomic E-state index is -0.0378. The topological polar surface area (TPSA) is 88.8 Å². The highest BCUT2D eigenvalue weighted by Crippen LogP contribution is 2.38. The van der Waals surface area contributed by atoms with Crippen molar-refractivity contribution < 1.29 is 4.79 Å². The van der Waals surface area contributed by atoms with Gasteiger partial charge in [-0.2, -0.15) is 0 Å². The second-order valence-electron chi connectivity index (χ2n) is 6.89. The maximum Gasteiger partial charge on any atom is 0.272 e. The predicted octanol–water partition coefficient (Wildman–Crippen LogP) is 1.77. The van der Waals surface area contributed by atoms with Gasteiger partial charge in [0.1, 0.15) is 17.8 Å². The number of hydrogen-bond donors (Lipinski definition) is 1. The molecule has 2 aromatic rings. The Morgan fingerprint density at radius 2 is 2.12 bits per heavy atom. The van der Waals surface area contributed by atoms with E-state index >= 15 is 0 Å². The van der Waals surface area contributed by atoms with E-state index in [0.717, 1.165) is 30.9 Å². The van der Waals surface area contributed by atoms with Crippen LogP contribution in [0, 0.1) is 6.92 Å². The summed E-state index contributed by atoms with van der Waals surface area (Å²) in [5.74, 6) is 1.71. The van der Waals surface area contributed by atoms with Crippen LogP contribution < -0.4 is 5.32 Å². The number of likely N-dealkylation sites (tertiary alicyclic amines) is 1. The standard InChI is InChI=1S/C17H23N7O/c1-11-8-14(21-17(18-2)20-11)16(25)23-7-3-4-12(9-23)15-22-19-10-24(15)13-5-6-13/h8,10,12-13H,3-7,9H2,1-2H3,(H,18,20,21). The van der Waals surface area contributed by atoms with Gasteiger partial charge in [0.25, 0.3) is 5.91 Å². The number of nitrogens with one attached hydrogen (secondary N) is 1. The van der Waals surface area contributed by atoms with Crippen molar-refractivity contribution in [2.24, 2.45) is 0 Å². The normalized spacial score (nSPS) is 20.6. The van der Waals surface area contributed by atoms with E-state index < -0.39 is 0 Å². The first kappa shape index (κ1) is 16.0. The Balaban J connectivity index is 1.53. The third-order valence-electron chi connectivity index (χ3n) is 4.91. The van der Waals surface area contributed by atoms with Crippen molar-refractivity contribution in [3.63, 3.8) is 0 Å². The van der Waals surface area contributed by atoms with Crippen molar-refractivity contribution in [1.29, 1.82) is 0 Å². The van der Waals surface area contributed by atoms with Crippen LogP contribution in [0.2, 0.25) is 0 Å². The molecule has 132 valence electrons. The third-order valence-corrected chi connectivity index (χ3v) is 4.91. The number of hydrogen-bond acceptors (Lipinski definition) is 6. The highest BCUT2D eigenvalue weighted by atomic mass is 16.2. The number of amides is 1. The van der Waals surface area contributed by atoms with Crippen molar-refractivity contribution in [3.8, 4) is 0 Å². The summed E-state index contributed by atoms with van der Waals surface area (Å²) in [6.07, 6.45) is 6.25. The van der Waals surface area contributed by atoms with Crippen molar-refractivity contribution in [1.82, 2.24) is 29.6 Å². The van der Waals surface area contributed by atoms with Crippen LogP contribution in [-0.2, 0) is 0 Å². The fourth-order valence-electron chi connectivity index (χ4n) is 3.50. The monoisotopic (exact) mass is 341 g/mol. The molecule has 1 atom stereocenters. The zero-order chi connectivity index (χ0) is 17.4. The zero-order valence-electron chi connectivity index (χ0n) is 14.6. The third kappa shape index (κ3) is 3.20. The Hall–Kier alpha value is -2.51. The fourth-order valence-corrected chi connectivity index (χ4v) is 3.50. The van der Waals surface area contributed by atoms with Crippen LogP contribution in [0.5, 0.6) is 0 Å². The summed E-state index contributed by atoms with van der Waals surface area (Å²) in [7, 11) is 1.75. The van der Waals surface area contributed by atoms with E-state index in [-0.39, 0.29) is 11.8 Å². The highest BCUT2D eigenvalue weighted by Gasteiger charge is 2.33. The molecule has 1 N–H and O–H groups in total. The van der Waals surface area contributed by atoms with Gasteiger partial charge in [0.05, 0.1) is 0 Å². The molecule has 2 aromatic heterocycles. The zero-order valence-corrected chi connectivity index (χ0v) is 14.6. The molecule has 8 heteroatoms. The Morgan fingerprint density at radius 3 is 2.88 bits per heavy atom. The highest BCUT2D eigenvalue weighted by molar-refractivity contribution is 5.92. The number of rotatable bonds is 4. The number of piperidine rings is 1. The Labute approximate surface area is 146 Å². The molecular formula is C17H23N7O. The predicted molar refractivity (Wildman–Crippen MR) is 92.5 cm³/mol. The second kappa shape index (κ2) is 6.42. The molecule has 3 heterocycles. The quantitative estimate of drug-likeness (QED) is 0.912. The number of anilines is 1. The molecule has 1 aliphatic heterocycles. The van der Waals surface area contributed by atoms with E-state index in [2.05, 4.69) is 30.0 Å². The van der Waals surface area contributed by atoms with Crippen LogP contribution >= 0.6 is 0 Å². The summed E-state index contributed by atoms with van der Waals surface area (Å²) in [5, 5.41) is 11.4. The second-order valence-corrected chi connectivity index (χ2v) is 6.89. The van der Waals surface area contributed by atoms with Crippen LogP contribution in [0.4, 0.5) is 5.95 Å². The van der Waals surface area contributed by atoms with Gasteiger partial charge < -0.3 is 14.8 Å². The molecule has 1 amide bonds. The number of aryl methyl sites for hydroxylation is 1. The minimum absolute atomic E-state index is 0.0378. The molecule has 2 aliphatic rings. The van der Waals surface area contributed by atoms with Crippen molar-refractivity contribution >= 4 is 11.9 Å². The van der Waals surface area contributed by atoms with Crippen LogP contribution in [0.15, 0.2) is 12.4 Å². The number of carbonyl (C=O) groups excluding carboxylic acids is 1. The summed E-state index contributed by atoms with van der Waals surface area (Å²) in [6, 6.07) is 2.30. The van der Waals surface area contributed by atoms with Crippen LogP contribution in [0.1, 0.15) is 59.6 Å². The molecular weight excluding hydrogens is 318 g/mol. The SMILES string of the molecule is CNc1nc(C)cc(C(=O)N2CCCC(c3nncn3C3CC3)C2)n1. The lowest BCUT2D eigenvalue weighted by molar-refractivity contribution is 0.0697. The minimum Gasteiger partial charge on any atom is -0.357 e. The molecule has 25 heavy (non-hydrogen) atoms. The lowest BCUT2D eigenvalue weighted by Crippen LogP contribution is -2.40. The van der Waals surface area contributed by atoms with Gasteiger partial charge in [0.2, 0.25) is 5.95 Å². The Morgan fingerprint density at radius 1 is 1.28 bits per heavy atom. The van der Waals surface area contributed by atoms with Gasteiger partial charge in [-0.3, -0.25) is 4.79 Å². The van der Waals surface area contributed by atoms with Crippen molar-refractivity contribution in [2.75, 3.05) is 25.5 Å². The molecule has 0 spiro atoms. The lowest BCUT2D eigenvalue weighted by atomic mass is 9.96. The van der Waals surface area contributed by atoms with Gasteiger partial charge >= 0.3 is 0 Å². The average molecular weight is 341 g/mol. The molecule has 0 radical (unpaired) electrons. The van der Waals surface area contributed by atoms with E-state index in [1.165, 1.54) is 12.8 Å². The molecule has 1 saturated heterocycles. The maximum absolute atomic E-state index is 12.9. The molecule has 4 rings (SSSR count). The summed E-state index contributed by atoms with van der Waals surface area (Å²) in [5.41, 5.74) is 1.23. The first-order valence-electron chi connectivity index (χ1n) is 8.88. The maximum atomic E-state index is 12.9. The van der Waals surface area contributed by atoms with Crippen LogP contribution in [0.25, 0.3) is 0 Å².